The first-order valence-corrected chi connectivity index (χ1v) is 7.18. The van der Waals surface area contributed by atoms with Crippen LogP contribution in [0.5, 0.6) is 0 Å². The van der Waals surface area contributed by atoms with Crippen LogP contribution in [0, 0.1) is 0 Å². The van der Waals surface area contributed by atoms with E-state index in [1.165, 1.54) is 15.4 Å². The second kappa shape index (κ2) is 6.61. The van der Waals surface area contributed by atoms with E-state index in [2.05, 4.69) is 29.1 Å². The smallest absolute Gasteiger partial charge is 0.0972 e. The Labute approximate surface area is 112 Å². The highest BCUT2D eigenvalue weighted by molar-refractivity contribution is 7.11. The van der Waals surface area contributed by atoms with Crippen molar-refractivity contribution in [2.24, 2.45) is 0 Å². The fraction of sp³-hybridized carbons (Fsp3) is 0.429. The van der Waals surface area contributed by atoms with Crippen LogP contribution in [0.2, 0.25) is 0 Å². The van der Waals surface area contributed by atoms with Crippen LogP contribution in [0.1, 0.15) is 41.8 Å². The number of hydrogen-bond donors (Lipinski definition) is 1. The predicted octanol–water partition coefficient (Wildman–Crippen LogP) is 3.19. The summed E-state index contributed by atoms with van der Waals surface area (Å²) in [7, 11) is 0. The molecule has 1 atom stereocenters. The lowest BCUT2D eigenvalue weighted by Crippen LogP contribution is -2.18. The van der Waals surface area contributed by atoms with Crippen LogP contribution in [-0.4, -0.2) is 16.5 Å². The van der Waals surface area contributed by atoms with E-state index >= 15 is 0 Å². The van der Waals surface area contributed by atoms with Gasteiger partial charge in [-0.1, -0.05) is 6.92 Å². The van der Waals surface area contributed by atoms with Crippen molar-refractivity contribution in [2.75, 3.05) is 6.54 Å². The molecule has 1 N–H and O–H groups in total. The topological polar surface area (TPSA) is 37.8 Å². The molecule has 0 aliphatic heterocycles. The molecule has 0 spiro atoms. The van der Waals surface area contributed by atoms with Crippen molar-refractivity contribution >= 4 is 11.3 Å². The summed E-state index contributed by atoms with van der Waals surface area (Å²) in [5.74, 6) is 0. The zero-order chi connectivity index (χ0) is 12.8. The minimum atomic E-state index is 0.397. The Kier molecular flexibility index (Phi) is 4.84. The maximum Gasteiger partial charge on any atom is 0.0972 e. The van der Waals surface area contributed by atoms with Crippen molar-refractivity contribution in [2.45, 2.75) is 32.7 Å². The number of thiazole rings is 1. The largest absolute Gasteiger partial charge is 0.309 e. The van der Waals surface area contributed by atoms with Crippen LogP contribution in [0.4, 0.5) is 0 Å². The third kappa shape index (κ3) is 3.62. The van der Waals surface area contributed by atoms with Gasteiger partial charge in [0.2, 0.25) is 0 Å². The average Bonchev–Trinajstić information content (AvgIpc) is 2.86. The molecule has 0 aliphatic rings. The monoisotopic (exact) mass is 261 g/mol. The zero-order valence-corrected chi connectivity index (χ0v) is 11.7. The van der Waals surface area contributed by atoms with E-state index in [1.807, 2.05) is 30.7 Å². The second-order valence-electron chi connectivity index (χ2n) is 4.36. The number of nitrogens with zero attached hydrogens (tertiary/aromatic N) is 2. The Morgan fingerprint density at radius 2 is 2.11 bits per heavy atom. The summed E-state index contributed by atoms with van der Waals surface area (Å²) in [6.45, 7) is 5.43. The first-order valence-electron chi connectivity index (χ1n) is 6.36. The SMILES string of the molecule is CCCNC(C)c1cnc(Cc2ccncc2)s1. The molecule has 96 valence electrons. The van der Waals surface area contributed by atoms with Gasteiger partial charge in [0.25, 0.3) is 0 Å². The minimum absolute atomic E-state index is 0.397. The summed E-state index contributed by atoms with van der Waals surface area (Å²) in [5, 5.41) is 4.65. The van der Waals surface area contributed by atoms with Crippen LogP contribution in [0.25, 0.3) is 0 Å². The lowest BCUT2D eigenvalue weighted by molar-refractivity contribution is 0.577. The first-order chi connectivity index (χ1) is 8.79. The second-order valence-corrected chi connectivity index (χ2v) is 5.51. The van der Waals surface area contributed by atoms with Gasteiger partial charge in [-0.25, -0.2) is 4.98 Å². The number of aromatic nitrogens is 2. The molecule has 0 amide bonds. The molecule has 0 radical (unpaired) electrons. The van der Waals surface area contributed by atoms with Crippen LogP contribution >= 0.6 is 11.3 Å². The van der Waals surface area contributed by atoms with Gasteiger partial charge >= 0.3 is 0 Å². The van der Waals surface area contributed by atoms with Crippen LogP contribution in [0.3, 0.4) is 0 Å². The van der Waals surface area contributed by atoms with Crippen LogP contribution in [-0.2, 0) is 6.42 Å². The molecular formula is C14H19N3S. The molecule has 18 heavy (non-hydrogen) atoms. The molecule has 0 fully saturated rings. The van der Waals surface area contributed by atoms with E-state index in [1.54, 1.807) is 11.3 Å². The van der Waals surface area contributed by atoms with Crippen LogP contribution < -0.4 is 5.32 Å². The standard InChI is InChI=1S/C14H19N3S/c1-3-6-16-11(2)13-10-17-14(18-13)9-12-4-7-15-8-5-12/h4-5,7-8,10-11,16H,3,6,9H2,1-2H3. The average molecular weight is 261 g/mol. The van der Waals surface area contributed by atoms with Gasteiger partial charge in [0.15, 0.2) is 0 Å². The Balaban J connectivity index is 1.98. The molecule has 0 bridgehead atoms. The molecule has 3 nitrogen and oxygen atoms in total. The van der Waals surface area contributed by atoms with Gasteiger partial charge in [0, 0.05) is 35.9 Å². The molecule has 0 aliphatic carbocycles. The third-order valence-corrected chi connectivity index (χ3v) is 3.98. The van der Waals surface area contributed by atoms with Gasteiger partial charge in [0.1, 0.15) is 0 Å². The van der Waals surface area contributed by atoms with Gasteiger partial charge in [-0.15, -0.1) is 11.3 Å². The van der Waals surface area contributed by atoms with Gasteiger partial charge in [-0.3, -0.25) is 4.98 Å². The zero-order valence-electron chi connectivity index (χ0n) is 10.9. The van der Waals surface area contributed by atoms with Gasteiger partial charge < -0.3 is 5.32 Å². The van der Waals surface area contributed by atoms with Gasteiger partial charge in [-0.05, 0) is 37.6 Å². The summed E-state index contributed by atoms with van der Waals surface area (Å²) in [5.41, 5.74) is 1.26. The van der Waals surface area contributed by atoms with Crippen molar-refractivity contribution in [1.29, 1.82) is 0 Å². The lowest BCUT2D eigenvalue weighted by atomic mass is 10.2. The Morgan fingerprint density at radius 3 is 2.83 bits per heavy atom. The molecule has 1 unspecified atom stereocenters. The van der Waals surface area contributed by atoms with E-state index in [0.29, 0.717) is 6.04 Å². The molecule has 0 saturated carbocycles. The fourth-order valence-corrected chi connectivity index (χ4v) is 2.72. The lowest BCUT2D eigenvalue weighted by Gasteiger charge is -2.09. The normalized spacial score (nSPS) is 12.6. The number of hydrogen-bond acceptors (Lipinski definition) is 4. The predicted molar refractivity (Wildman–Crippen MR) is 75.9 cm³/mol. The van der Waals surface area contributed by atoms with Crippen molar-refractivity contribution < 1.29 is 0 Å². The fourth-order valence-electron chi connectivity index (χ4n) is 1.74. The Morgan fingerprint density at radius 1 is 1.33 bits per heavy atom. The molecule has 2 aromatic rings. The Hall–Kier alpha value is -1.26. The number of rotatable bonds is 6. The van der Waals surface area contributed by atoms with Gasteiger partial charge in [0.05, 0.1) is 5.01 Å². The van der Waals surface area contributed by atoms with Crippen molar-refractivity contribution in [1.82, 2.24) is 15.3 Å². The summed E-state index contributed by atoms with van der Waals surface area (Å²) < 4.78 is 0. The van der Waals surface area contributed by atoms with E-state index in [9.17, 15) is 0 Å². The summed E-state index contributed by atoms with van der Waals surface area (Å²) >= 11 is 1.79. The summed E-state index contributed by atoms with van der Waals surface area (Å²) in [4.78, 5) is 9.84. The molecule has 2 heterocycles. The third-order valence-electron chi connectivity index (χ3n) is 2.80. The van der Waals surface area contributed by atoms with E-state index in [4.69, 9.17) is 0 Å². The number of pyridine rings is 1. The molecule has 2 rings (SSSR count). The molecule has 0 aromatic carbocycles. The highest BCUT2D eigenvalue weighted by atomic mass is 32.1. The molecule has 4 heteroatoms. The van der Waals surface area contributed by atoms with E-state index < -0.39 is 0 Å². The molecular weight excluding hydrogens is 242 g/mol. The van der Waals surface area contributed by atoms with Crippen molar-refractivity contribution in [3.05, 3.63) is 46.2 Å². The van der Waals surface area contributed by atoms with Crippen LogP contribution in [0.15, 0.2) is 30.7 Å². The first kappa shape index (κ1) is 13.2. The maximum atomic E-state index is 4.50. The maximum absolute atomic E-state index is 4.50. The minimum Gasteiger partial charge on any atom is -0.309 e. The van der Waals surface area contributed by atoms with E-state index in [0.717, 1.165) is 19.4 Å². The number of nitrogens with one attached hydrogen (secondary N) is 1. The Bertz CT molecular complexity index is 467. The van der Waals surface area contributed by atoms with Gasteiger partial charge in [-0.2, -0.15) is 0 Å². The van der Waals surface area contributed by atoms with E-state index in [-0.39, 0.29) is 0 Å². The van der Waals surface area contributed by atoms with Crippen molar-refractivity contribution in [3.63, 3.8) is 0 Å². The molecule has 2 aromatic heterocycles. The quantitative estimate of drug-likeness (QED) is 0.868. The summed E-state index contributed by atoms with van der Waals surface area (Å²) in [6, 6.07) is 4.48. The molecule has 0 saturated heterocycles. The highest BCUT2D eigenvalue weighted by Crippen LogP contribution is 2.22. The summed E-state index contributed by atoms with van der Waals surface area (Å²) in [6.07, 6.45) is 7.71. The highest BCUT2D eigenvalue weighted by Gasteiger charge is 2.09. The van der Waals surface area contributed by atoms with Crippen molar-refractivity contribution in [3.8, 4) is 0 Å².